The molecule has 0 saturated carbocycles. The van der Waals surface area contributed by atoms with Crippen molar-refractivity contribution in [3.63, 3.8) is 0 Å². The summed E-state index contributed by atoms with van der Waals surface area (Å²) in [4.78, 5) is 18.8. The third-order valence-electron chi connectivity index (χ3n) is 0.737. The molecule has 0 N–H and O–H groups in total. The van der Waals surface area contributed by atoms with E-state index in [1.54, 1.807) is 12.5 Å². The summed E-state index contributed by atoms with van der Waals surface area (Å²) >= 11 is 0. The predicted octanol–water partition coefficient (Wildman–Crippen LogP) is 0.833. The molecule has 0 bridgehead atoms. The van der Waals surface area contributed by atoms with Gasteiger partial charge in [0, 0.05) is 38.5 Å². The largest absolute Gasteiger partial charge is 0.542 e. The van der Waals surface area contributed by atoms with Gasteiger partial charge in [-0.1, -0.05) is 6.42 Å². The molecule has 0 aromatic rings. The second-order valence-corrected chi connectivity index (χ2v) is 1.45. The first kappa shape index (κ1) is 12.7. The summed E-state index contributed by atoms with van der Waals surface area (Å²) in [5.74, 6) is 0.148. The summed E-state index contributed by atoms with van der Waals surface area (Å²) in [7, 11) is 0. The average molecular weight is 213 g/mol. The number of hydrogen-bond donors (Lipinski definition) is 0. The van der Waals surface area contributed by atoms with Crippen LogP contribution in [0.5, 0.6) is 0 Å². The summed E-state index contributed by atoms with van der Waals surface area (Å²) in [5.41, 5.74) is 0. The fraction of sp³-hybridized carbons (Fsp3) is 0.286. The minimum Gasteiger partial charge on any atom is -0.542 e. The van der Waals surface area contributed by atoms with Gasteiger partial charge in [-0.05, 0) is 0 Å². The molecular formula is C7H8O2Y-2. The first-order valence-electron chi connectivity index (χ1n) is 2.64. The molecule has 3 heteroatoms. The number of allylic oxidation sites excluding steroid dienone is 2. The summed E-state index contributed by atoms with van der Waals surface area (Å²) < 4.78 is 0. The minimum absolute atomic E-state index is 0. The monoisotopic (exact) mass is 213 g/mol. The predicted molar refractivity (Wildman–Crippen MR) is 34.4 cm³/mol. The SMILES string of the molecule is C[C-]=O.O=C1C=CC[CH-]1.[Y]. The van der Waals surface area contributed by atoms with Crippen LogP contribution in [-0.4, -0.2) is 12.1 Å². The zero-order valence-corrected chi connectivity index (χ0v) is 8.67. The Kier molecular flexibility index (Phi) is 11.5. The second-order valence-electron chi connectivity index (χ2n) is 1.45. The normalized spacial score (nSPS) is 12.3. The van der Waals surface area contributed by atoms with E-state index in [0.29, 0.717) is 0 Å². The van der Waals surface area contributed by atoms with Crippen LogP contribution in [0.15, 0.2) is 12.2 Å². The van der Waals surface area contributed by atoms with E-state index in [2.05, 4.69) is 0 Å². The number of carbonyl (C=O) groups is 1. The van der Waals surface area contributed by atoms with E-state index in [4.69, 9.17) is 4.79 Å². The van der Waals surface area contributed by atoms with Crippen molar-refractivity contribution >= 4 is 12.1 Å². The molecule has 0 saturated heterocycles. The molecule has 2 nitrogen and oxygen atoms in total. The maximum Gasteiger partial charge on any atom is 0.0177 e. The van der Waals surface area contributed by atoms with Crippen LogP contribution in [0.2, 0.25) is 0 Å². The standard InChI is InChI=1S/C5H5O.C2H3O.Y/c6-5-3-1-2-4-5;1-2-3;/h1,3-4H,2H2;1H3;/q2*-1;. The van der Waals surface area contributed by atoms with Gasteiger partial charge in [0.2, 0.25) is 0 Å². The van der Waals surface area contributed by atoms with E-state index < -0.39 is 0 Å². The van der Waals surface area contributed by atoms with Crippen molar-refractivity contribution < 1.29 is 42.3 Å². The Morgan fingerprint density at radius 3 is 2.30 bits per heavy atom. The Morgan fingerprint density at radius 2 is 2.20 bits per heavy atom. The van der Waals surface area contributed by atoms with E-state index in [1.165, 1.54) is 13.2 Å². The van der Waals surface area contributed by atoms with Gasteiger partial charge in [-0.3, -0.25) is 6.29 Å². The third-order valence-corrected chi connectivity index (χ3v) is 0.737. The molecule has 0 atom stereocenters. The Bertz CT molecular complexity index is 130. The molecule has 10 heavy (non-hydrogen) atoms. The zero-order chi connectivity index (χ0) is 7.11. The van der Waals surface area contributed by atoms with E-state index in [9.17, 15) is 4.79 Å². The smallest absolute Gasteiger partial charge is 0.0177 e. The van der Waals surface area contributed by atoms with Crippen LogP contribution in [0, 0.1) is 6.42 Å². The van der Waals surface area contributed by atoms with Crippen molar-refractivity contribution in [2.45, 2.75) is 13.3 Å². The van der Waals surface area contributed by atoms with Crippen molar-refractivity contribution in [2.75, 3.05) is 0 Å². The Labute approximate surface area is 85.9 Å². The fourth-order valence-electron chi connectivity index (χ4n) is 0.436. The molecule has 53 valence electrons. The second kappa shape index (κ2) is 9.05. The summed E-state index contributed by atoms with van der Waals surface area (Å²) in [6.45, 7) is 1.32. The van der Waals surface area contributed by atoms with Crippen LogP contribution >= 0.6 is 0 Å². The maximum atomic E-state index is 10.1. The molecule has 0 aromatic heterocycles. The van der Waals surface area contributed by atoms with Crippen molar-refractivity contribution in [1.29, 1.82) is 0 Å². The van der Waals surface area contributed by atoms with E-state index in [1.807, 2.05) is 6.08 Å². The Morgan fingerprint density at radius 1 is 1.70 bits per heavy atom. The van der Waals surface area contributed by atoms with Crippen LogP contribution < -0.4 is 0 Å². The van der Waals surface area contributed by atoms with Crippen LogP contribution in [-0.2, 0) is 42.3 Å². The van der Waals surface area contributed by atoms with Gasteiger partial charge >= 0.3 is 0 Å². The molecule has 0 aliphatic heterocycles. The fourth-order valence-corrected chi connectivity index (χ4v) is 0.436. The summed E-state index contributed by atoms with van der Waals surface area (Å²) in [6.07, 6.45) is 7.42. The number of hydrogen-bond acceptors (Lipinski definition) is 2. The van der Waals surface area contributed by atoms with E-state index >= 15 is 0 Å². The third kappa shape index (κ3) is 8.05. The van der Waals surface area contributed by atoms with Gasteiger partial charge in [0.15, 0.2) is 0 Å². The molecule has 0 heterocycles. The summed E-state index contributed by atoms with van der Waals surface area (Å²) in [5, 5.41) is 0. The Balaban J connectivity index is 0. The van der Waals surface area contributed by atoms with Crippen LogP contribution in [0.3, 0.4) is 0 Å². The van der Waals surface area contributed by atoms with Crippen LogP contribution in [0.1, 0.15) is 13.3 Å². The molecule has 0 aromatic carbocycles. The van der Waals surface area contributed by atoms with Gasteiger partial charge in [0.05, 0.1) is 0 Å². The molecule has 1 aliphatic carbocycles. The van der Waals surface area contributed by atoms with Gasteiger partial charge in [-0.25, -0.2) is 0 Å². The van der Waals surface area contributed by atoms with Crippen LogP contribution in [0.4, 0.5) is 0 Å². The van der Waals surface area contributed by atoms with E-state index in [0.717, 1.165) is 6.42 Å². The molecular weight excluding hydrogens is 205 g/mol. The average Bonchev–Trinajstić information content (AvgIpc) is 2.20. The zero-order valence-electron chi connectivity index (χ0n) is 5.83. The van der Waals surface area contributed by atoms with Crippen LogP contribution in [0.25, 0.3) is 0 Å². The van der Waals surface area contributed by atoms with Gasteiger partial charge in [0.25, 0.3) is 0 Å². The molecule has 1 aliphatic rings. The van der Waals surface area contributed by atoms with Crippen molar-refractivity contribution in [1.82, 2.24) is 0 Å². The van der Waals surface area contributed by atoms with Gasteiger partial charge in [-0.15, -0.1) is 0 Å². The topological polar surface area (TPSA) is 34.1 Å². The molecule has 0 spiro atoms. The minimum atomic E-state index is 0. The van der Waals surface area contributed by atoms with Gasteiger partial charge < -0.3 is 9.59 Å². The molecule has 1 rings (SSSR count). The van der Waals surface area contributed by atoms with Gasteiger partial charge in [-0.2, -0.15) is 25.5 Å². The Hall–Kier alpha value is 0.0539. The maximum absolute atomic E-state index is 10.1. The molecule has 0 unspecified atom stereocenters. The molecule has 1 radical (unpaired) electrons. The quantitative estimate of drug-likeness (QED) is 0.558. The number of rotatable bonds is 0. The van der Waals surface area contributed by atoms with Crippen molar-refractivity contribution in [2.24, 2.45) is 0 Å². The first-order chi connectivity index (χ1) is 4.31. The number of ketones is 1. The first-order valence-corrected chi connectivity index (χ1v) is 2.64. The van der Waals surface area contributed by atoms with Gasteiger partial charge in [0.1, 0.15) is 0 Å². The molecule has 0 fully saturated rings. The molecule has 0 amide bonds. The van der Waals surface area contributed by atoms with Crippen molar-refractivity contribution in [3.05, 3.63) is 18.6 Å². The van der Waals surface area contributed by atoms with Crippen molar-refractivity contribution in [3.8, 4) is 0 Å². The number of carbonyl (C=O) groups excluding carboxylic acids is 2. The summed E-state index contributed by atoms with van der Waals surface area (Å²) in [6, 6.07) is 0. The van der Waals surface area contributed by atoms with E-state index in [-0.39, 0.29) is 38.5 Å².